The number of aromatic nitrogens is 2. The highest BCUT2D eigenvalue weighted by molar-refractivity contribution is 7.92. The first kappa shape index (κ1) is 19.0. The molecule has 3 rings (SSSR count). The maximum Gasteiger partial charge on any atom is 0.274 e. The van der Waals surface area contributed by atoms with Gasteiger partial charge in [0.15, 0.2) is 5.69 Å². The molecule has 140 valence electrons. The molecule has 1 aromatic carbocycles. The molecule has 2 N–H and O–H groups in total. The van der Waals surface area contributed by atoms with Gasteiger partial charge < -0.3 is 5.32 Å². The van der Waals surface area contributed by atoms with Crippen LogP contribution in [0.5, 0.6) is 0 Å². The number of carbonyl (C=O) groups excluding carboxylic acids is 1. The molecule has 0 saturated heterocycles. The third kappa shape index (κ3) is 3.82. The zero-order valence-electron chi connectivity index (χ0n) is 14.2. The SMILES string of the molecule is Cc1cc(S(=O)(=O)Nc2cn(C)nc2C(=O)NC2CCC2)c(Cl)cc1Cl. The van der Waals surface area contributed by atoms with Crippen LogP contribution in [0.3, 0.4) is 0 Å². The third-order valence-corrected chi connectivity index (χ3v) is 6.47. The number of benzene rings is 1. The van der Waals surface area contributed by atoms with Crippen LogP contribution in [0.25, 0.3) is 0 Å². The fourth-order valence-corrected chi connectivity index (χ4v) is 4.46. The smallest absolute Gasteiger partial charge is 0.274 e. The molecule has 1 fully saturated rings. The van der Waals surface area contributed by atoms with E-state index in [0.717, 1.165) is 19.3 Å². The number of rotatable bonds is 5. The number of halogens is 2. The fraction of sp³-hybridized carbons (Fsp3) is 0.375. The van der Waals surface area contributed by atoms with Gasteiger partial charge in [0.25, 0.3) is 15.9 Å². The number of nitrogens with one attached hydrogen (secondary N) is 2. The monoisotopic (exact) mass is 416 g/mol. The molecule has 0 bridgehead atoms. The molecule has 2 aromatic rings. The van der Waals surface area contributed by atoms with E-state index < -0.39 is 15.9 Å². The van der Waals surface area contributed by atoms with Gasteiger partial charge in [-0.05, 0) is 43.9 Å². The summed E-state index contributed by atoms with van der Waals surface area (Å²) in [5, 5.41) is 7.29. The molecule has 1 aromatic heterocycles. The molecule has 0 aliphatic heterocycles. The lowest BCUT2D eigenvalue weighted by molar-refractivity contribution is 0.0912. The second-order valence-electron chi connectivity index (χ2n) is 6.30. The van der Waals surface area contributed by atoms with Crippen LogP contribution in [0.4, 0.5) is 5.69 Å². The van der Waals surface area contributed by atoms with Gasteiger partial charge in [0.2, 0.25) is 0 Å². The number of carbonyl (C=O) groups is 1. The van der Waals surface area contributed by atoms with E-state index in [9.17, 15) is 13.2 Å². The Hall–Kier alpha value is -1.77. The molecule has 0 radical (unpaired) electrons. The Bertz CT molecular complexity index is 968. The van der Waals surface area contributed by atoms with E-state index in [2.05, 4.69) is 15.1 Å². The topological polar surface area (TPSA) is 93.1 Å². The Morgan fingerprint density at radius 3 is 2.58 bits per heavy atom. The molecule has 0 unspecified atom stereocenters. The van der Waals surface area contributed by atoms with E-state index in [-0.39, 0.29) is 27.3 Å². The van der Waals surface area contributed by atoms with Crippen LogP contribution in [0.15, 0.2) is 23.2 Å². The van der Waals surface area contributed by atoms with Gasteiger partial charge in [-0.1, -0.05) is 23.2 Å². The summed E-state index contributed by atoms with van der Waals surface area (Å²) < 4.78 is 29.3. The van der Waals surface area contributed by atoms with Crippen LogP contribution >= 0.6 is 23.2 Å². The van der Waals surface area contributed by atoms with Crippen LogP contribution in [0, 0.1) is 6.92 Å². The average molecular weight is 417 g/mol. The number of nitrogens with zero attached hydrogens (tertiary/aromatic N) is 2. The van der Waals surface area contributed by atoms with Gasteiger partial charge in [-0.2, -0.15) is 5.10 Å². The van der Waals surface area contributed by atoms with Crippen molar-refractivity contribution >= 4 is 44.8 Å². The second-order valence-corrected chi connectivity index (χ2v) is 8.77. The van der Waals surface area contributed by atoms with E-state index in [1.165, 1.54) is 23.0 Å². The van der Waals surface area contributed by atoms with Gasteiger partial charge in [-0.15, -0.1) is 0 Å². The molecule has 1 amide bonds. The van der Waals surface area contributed by atoms with Crippen molar-refractivity contribution in [3.63, 3.8) is 0 Å². The summed E-state index contributed by atoms with van der Waals surface area (Å²) in [6.07, 6.45) is 4.34. The zero-order valence-corrected chi connectivity index (χ0v) is 16.5. The number of aryl methyl sites for hydroxylation is 2. The Morgan fingerprint density at radius 1 is 1.27 bits per heavy atom. The molecule has 1 saturated carbocycles. The molecule has 7 nitrogen and oxygen atoms in total. The molecule has 10 heteroatoms. The van der Waals surface area contributed by atoms with Crippen LogP contribution in [0.2, 0.25) is 10.0 Å². The van der Waals surface area contributed by atoms with Gasteiger partial charge in [-0.25, -0.2) is 8.42 Å². The number of sulfonamides is 1. The first-order valence-corrected chi connectivity index (χ1v) is 10.2. The maximum atomic E-state index is 12.8. The van der Waals surface area contributed by atoms with Gasteiger partial charge >= 0.3 is 0 Å². The minimum absolute atomic E-state index is 0.00235. The standard InChI is InChI=1S/C16H18Cl2N4O3S/c1-9-6-14(12(18)7-11(9)17)26(24,25)21-13-8-22(2)20-15(13)16(23)19-10-4-3-5-10/h6-8,10,21H,3-5H2,1-2H3,(H,19,23). The first-order valence-electron chi connectivity index (χ1n) is 8.00. The largest absolute Gasteiger partial charge is 0.348 e. The van der Waals surface area contributed by atoms with Crippen molar-refractivity contribution in [3.8, 4) is 0 Å². The zero-order chi connectivity index (χ0) is 19.1. The van der Waals surface area contributed by atoms with E-state index in [1.54, 1.807) is 14.0 Å². The lowest BCUT2D eigenvalue weighted by atomic mass is 9.93. The Labute approximate surface area is 161 Å². The minimum Gasteiger partial charge on any atom is -0.348 e. The van der Waals surface area contributed by atoms with E-state index >= 15 is 0 Å². The highest BCUT2D eigenvalue weighted by atomic mass is 35.5. The first-order chi connectivity index (χ1) is 12.2. The van der Waals surface area contributed by atoms with Gasteiger partial charge in [-0.3, -0.25) is 14.2 Å². The van der Waals surface area contributed by atoms with Crippen LogP contribution < -0.4 is 10.0 Å². The van der Waals surface area contributed by atoms with E-state index in [4.69, 9.17) is 23.2 Å². The summed E-state index contributed by atoms with van der Waals surface area (Å²) in [5.41, 5.74) is 0.684. The van der Waals surface area contributed by atoms with Crippen LogP contribution in [-0.4, -0.2) is 30.1 Å². The number of amides is 1. The second kappa shape index (κ2) is 7.09. The van der Waals surface area contributed by atoms with Gasteiger partial charge in [0, 0.05) is 24.3 Å². The summed E-state index contributed by atoms with van der Waals surface area (Å²) in [7, 11) is -2.41. The molecule has 0 atom stereocenters. The van der Waals surface area contributed by atoms with E-state index in [0.29, 0.717) is 10.6 Å². The quantitative estimate of drug-likeness (QED) is 0.782. The lowest BCUT2D eigenvalue weighted by Crippen LogP contribution is -2.40. The average Bonchev–Trinajstić information content (AvgIpc) is 2.86. The van der Waals surface area contributed by atoms with Crippen molar-refractivity contribution < 1.29 is 13.2 Å². The molecule has 1 heterocycles. The normalized spacial score (nSPS) is 14.8. The highest BCUT2D eigenvalue weighted by Crippen LogP contribution is 2.30. The Balaban J connectivity index is 1.90. The summed E-state index contributed by atoms with van der Waals surface area (Å²) in [6.45, 7) is 1.68. The number of hydrogen-bond acceptors (Lipinski definition) is 4. The van der Waals surface area contributed by atoms with Crippen molar-refractivity contribution in [1.82, 2.24) is 15.1 Å². The number of anilines is 1. The summed E-state index contributed by atoms with van der Waals surface area (Å²) in [6, 6.07) is 2.88. The van der Waals surface area contributed by atoms with Crippen molar-refractivity contribution in [2.45, 2.75) is 37.1 Å². The van der Waals surface area contributed by atoms with E-state index in [1.807, 2.05) is 0 Å². The minimum atomic E-state index is -4.02. The van der Waals surface area contributed by atoms with Gasteiger partial charge in [0.1, 0.15) is 4.90 Å². The predicted octanol–water partition coefficient (Wildman–Crippen LogP) is 3.12. The van der Waals surface area contributed by atoms with Crippen LogP contribution in [0.1, 0.15) is 35.3 Å². The summed E-state index contributed by atoms with van der Waals surface area (Å²) in [4.78, 5) is 12.3. The van der Waals surface area contributed by atoms with Crippen molar-refractivity contribution in [2.75, 3.05) is 4.72 Å². The highest BCUT2D eigenvalue weighted by Gasteiger charge is 2.27. The third-order valence-electron chi connectivity index (χ3n) is 4.23. The van der Waals surface area contributed by atoms with Crippen LogP contribution in [-0.2, 0) is 17.1 Å². The molecule has 0 spiro atoms. The molecule has 1 aliphatic rings. The molecule has 26 heavy (non-hydrogen) atoms. The molecule has 1 aliphatic carbocycles. The maximum absolute atomic E-state index is 12.8. The Morgan fingerprint density at radius 2 is 1.96 bits per heavy atom. The van der Waals surface area contributed by atoms with Crippen molar-refractivity contribution in [3.05, 3.63) is 39.6 Å². The summed E-state index contributed by atoms with van der Waals surface area (Å²) in [5.74, 6) is -0.411. The predicted molar refractivity (Wildman–Crippen MR) is 100 cm³/mol. The van der Waals surface area contributed by atoms with Crippen molar-refractivity contribution in [2.24, 2.45) is 7.05 Å². The summed E-state index contributed by atoms with van der Waals surface area (Å²) >= 11 is 12.0. The van der Waals surface area contributed by atoms with Crippen molar-refractivity contribution in [1.29, 1.82) is 0 Å². The fourth-order valence-electron chi connectivity index (χ4n) is 2.57. The van der Waals surface area contributed by atoms with Gasteiger partial charge in [0.05, 0.1) is 10.7 Å². The lowest BCUT2D eigenvalue weighted by Gasteiger charge is -2.26. The molecular weight excluding hydrogens is 399 g/mol. The number of hydrogen-bond donors (Lipinski definition) is 2. The Kier molecular flexibility index (Phi) is 5.18. The molecular formula is C16H18Cl2N4O3S.